The number of nitrogens with zero attached hydrogens (tertiary/aromatic N) is 1. The SMILES string of the molecule is O=C(c1ccccc1)N(CC(F)(F)F)C1CC1. The van der Waals surface area contributed by atoms with E-state index in [1.807, 2.05) is 0 Å². The van der Waals surface area contributed by atoms with Crippen molar-refractivity contribution in [3.8, 4) is 0 Å². The second kappa shape index (κ2) is 4.39. The van der Waals surface area contributed by atoms with Gasteiger partial charge in [-0.2, -0.15) is 13.2 Å². The maximum atomic E-state index is 12.4. The zero-order chi connectivity index (χ0) is 12.5. The number of carbonyl (C=O) groups is 1. The molecule has 0 unspecified atom stereocenters. The molecule has 0 heterocycles. The Morgan fingerprint density at radius 1 is 1.24 bits per heavy atom. The van der Waals surface area contributed by atoms with Crippen LogP contribution in [0.2, 0.25) is 0 Å². The van der Waals surface area contributed by atoms with Crippen molar-refractivity contribution in [3.05, 3.63) is 35.9 Å². The van der Waals surface area contributed by atoms with Crippen LogP contribution in [0, 0.1) is 0 Å². The maximum Gasteiger partial charge on any atom is 0.406 e. The van der Waals surface area contributed by atoms with E-state index in [1.54, 1.807) is 18.2 Å². The third kappa shape index (κ3) is 3.22. The number of halogens is 3. The summed E-state index contributed by atoms with van der Waals surface area (Å²) in [6.45, 7) is -1.16. The van der Waals surface area contributed by atoms with Crippen LogP contribution in [0.1, 0.15) is 23.2 Å². The minimum atomic E-state index is -4.34. The zero-order valence-electron chi connectivity index (χ0n) is 9.07. The van der Waals surface area contributed by atoms with Gasteiger partial charge in [0.15, 0.2) is 0 Å². The second-order valence-corrected chi connectivity index (χ2v) is 4.15. The number of carbonyl (C=O) groups excluding carboxylic acids is 1. The molecule has 0 aliphatic heterocycles. The van der Waals surface area contributed by atoms with Gasteiger partial charge >= 0.3 is 6.18 Å². The van der Waals surface area contributed by atoms with E-state index < -0.39 is 18.6 Å². The predicted octanol–water partition coefficient (Wildman–Crippen LogP) is 2.85. The van der Waals surface area contributed by atoms with Gasteiger partial charge in [0.05, 0.1) is 0 Å². The molecule has 0 bridgehead atoms. The van der Waals surface area contributed by atoms with Crippen LogP contribution in [0.3, 0.4) is 0 Å². The van der Waals surface area contributed by atoms with Crippen molar-refractivity contribution in [2.45, 2.75) is 25.1 Å². The molecule has 2 rings (SSSR count). The minimum absolute atomic E-state index is 0.246. The largest absolute Gasteiger partial charge is 0.406 e. The number of benzene rings is 1. The lowest BCUT2D eigenvalue weighted by atomic mass is 10.2. The molecule has 0 radical (unpaired) electrons. The van der Waals surface area contributed by atoms with E-state index >= 15 is 0 Å². The van der Waals surface area contributed by atoms with Crippen molar-refractivity contribution in [1.29, 1.82) is 0 Å². The van der Waals surface area contributed by atoms with Gasteiger partial charge in [-0.15, -0.1) is 0 Å². The van der Waals surface area contributed by atoms with Crippen LogP contribution in [0.25, 0.3) is 0 Å². The van der Waals surface area contributed by atoms with Gasteiger partial charge in [0.1, 0.15) is 6.54 Å². The summed E-state index contributed by atoms with van der Waals surface area (Å²) in [4.78, 5) is 12.9. The summed E-state index contributed by atoms with van der Waals surface area (Å²) >= 11 is 0. The van der Waals surface area contributed by atoms with Gasteiger partial charge in [-0.05, 0) is 25.0 Å². The standard InChI is InChI=1S/C12H12F3NO/c13-12(14,15)8-16(10-6-7-10)11(17)9-4-2-1-3-5-9/h1-5,10H,6-8H2. The van der Waals surface area contributed by atoms with Crippen molar-refractivity contribution in [3.63, 3.8) is 0 Å². The van der Waals surface area contributed by atoms with Gasteiger partial charge in [0.25, 0.3) is 5.91 Å². The molecule has 1 aromatic rings. The number of alkyl halides is 3. The van der Waals surface area contributed by atoms with E-state index in [0.717, 1.165) is 4.90 Å². The topological polar surface area (TPSA) is 20.3 Å². The molecule has 1 aliphatic carbocycles. The van der Waals surface area contributed by atoms with Crippen LogP contribution in [-0.2, 0) is 0 Å². The van der Waals surface area contributed by atoms with Crippen LogP contribution < -0.4 is 0 Å². The molecule has 5 heteroatoms. The minimum Gasteiger partial charge on any atom is -0.327 e. The van der Waals surface area contributed by atoms with E-state index in [0.29, 0.717) is 18.4 Å². The molecule has 0 atom stereocenters. The van der Waals surface area contributed by atoms with Gasteiger partial charge in [-0.3, -0.25) is 4.79 Å². The monoisotopic (exact) mass is 243 g/mol. The first-order chi connectivity index (χ1) is 7.97. The Balaban J connectivity index is 2.14. The van der Waals surface area contributed by atoms with Crippen molar-refractivity contribution >= 4 is 5.91 Å². The normalized spacial score (nSPS) is 15.7. The first-order valence-electron chi connectivity index (χ1n) is 5.40. The Hall–Kier alpha value is -1.52. The molecule has 0 spiro atoms. The van der Waals surface area contributed by atoms with Crippen molar-refractivity contribution in [2.24, 2.45) is 0 Å². The van der Waals surface area contributed by atoms with Gasteiger partial charge in [0, 0.05) is 11.6 Å². The van der Waals surface area contributed by atoms with Crippen molar-refractivity contribution in [2.75, 3.05) is 6.54 Å². The molecule has 0 N–H and O–H groups in total. The molecule has 2 nitrogen and oxygen atoms in total. The van der Waals surface area contributed by atoms with Gasteiger partial charge in [0.2, 0.25) is 0 Å². The summed E-state index contributed by atoms with van der Waals surface area (Å²) < 4.78 is 37.1. The predicted molar refractivity (Wildman–Crippen MR) is 56.6 cm³/mol. The van der Waals surface area contributed by atoms with Crippen molar-refractivity contribution in [1.82, 2.24) is 4.90 Å². The van der Waals surface area contributed by atoms with E-state index in [1.165, 1.54) is 12.1 Å². The van der Waals surface area contributed by atoms with Crippen LogP contribution in [0.5, 0.6) is 0 Å². The average molecular weight is 243 g/mol. The molecule has 1 fully saturated rings. The van der Waals surface area contributed by atoms with Crippen LogP contribution in [-0.4, -0.2) is 29.6 Å². The lowest BCUT2D eigenvalue weighted by molar-refractivity contribution is -0.141. The lowest BCUT2D eigenvalue weighted by Gasteiger charge is -2.23. The quantitative estimate of drug-likeness (QED) is 0.799. The first-order valence-corrected chi connectivity index (χ1v) is 5.40. The Morgan fingerprint density at radius 2 is 1.82 bits per heavy atom. The molecular weight excluding hydrogens is 231 g/mol. The van der Waals surface area contributed by atoms with E-state index in [4.69, 9.17) is 0 Å². The number of rotatable bonds is 3. The fourth-order valence-corrected chi connectivity index (χ4v) is 1.69. The van der Waals surface area contributed by atoms with Crippen LogP contribution >= 0.6 is 0 Å². The third-order valence-electron chi connectivity index (χ3n) is 2.62. The fraction of sp³-hybridized carbons (Fsp3) is 0.417. The van der Waals surface area contributed by atoms with Crippen molar-refractivity contribution < 1.29 is 18.0 Å². The first kappa shape index (κ1) is 12.0. The summed E-state index contributed by atoms with van der Waals surface area (Å²) in [5.41, 5.74) is 0.309. The molecule has 1 aliphatic rings. The zero-order valence-corrected chi connectivity index (χ0v) is 9.07. The maximum absolute atomic E-state index is 12.4. The molecule has 1 aromatic carbocycles. The lowest BCUT2D eigenvalue weighted by Crippen LogP contribution is -2.40. The Labute approximate surface area is 97.0 Å². The highest BCUT2D eigenvalue weighted by atomic mass is 19.4. The summed E-state index contributed by atoms with van der Waals surface area (Å²) in [5, 5.41) is 0. The van der Waals surface area contributed by atoms with E-state index in [2.05, 4.69) is 0 Å². The van der Waals surface area contributed by atoms with E-state index in [9.17, 15) is 18.0 Å². The van der Waals surface area contributed by atoms with Crippen LogP contribution in [0.15, 0.2) is 30.3 Å². The highest BCUT2D eigenvalue weighted by molar-refractivity contribution is 5.94. The Bertz CT molecular complexity index is 398. The van der Waals surface area contributed by atoms with Gasteiger partial charge in [-0.25, -0.2) is 0 Å². The summed E-state index contributed by atoms with van der Waals surface area (Å²) in [6.07, 6.45) is -3.02. The summed E-state index contributed by atoms with van der Waals surface area (Å²) in [7, 11) is 0. The van der Waals surface area contributed by atoms with Gasteiger partial charge < -0.3 is 4.90 Å². The third-order valence-corrected chi connectivity index (χ3v) is 2.62. The molecule has 0 saturated heterocycles. The molecule has 0 aromatic heterocycles. The summed E-state index contributed by atoms with van der Waals surface area (Å²) in [6, 6.07) is 7.84. The fourth-order valence-electron chi connectivity index (χ4n) is 1.69. The molecule has 1 amide bonds. The Morgan fingerprint density at radius 3 is 2.29 bits per heavy atom. The smallest absolute Gasteiger partial charge is 0.327 e. The number of hydrogen-bond donors (Lipinski definition) is 0. The average Bonchev–Trinajstić information content (AvgIpc) is 3.09. The highest BCUT2D eigenvalue weighted by Gasteiger charge is 2.40. The Kier molecular flexibility index (Phi) is 3.09. The van der Waals surface area contributed by atoms with Gasteiger partial charge in [-0.1, -0.05) is 18.2 Å². The van der Waals surface area contributed by atoms with E-state index in [-0.39, 0.29) is 6.04 Å². The molecule has 92 valence electrons. The highest BCUT2D eigenvalue weighted by Crippen LogP contribution is 2.31. The molecular formula is C12H12F3NO. The number of amides is 1. The molecule has 17 heavy (non-hydrogen) atoms. The van der Waals surface area contributed by atoms with Crippen LogP contribution in [0.4, 0.5) is 13.2 Å². The number of hydrogen-bond acceptors (Lipinski definition) is 1. The molecule has 1 saturated carbocycles. The summed E-state index contributed by atoms with van der Waals surface area (Å²) in [5.74, 6) is -0.537. The second-order valence-electron chi connectivity index (χ2n) is 4.15.